The summed E-state index contributed by atoms with van der Waals surface area (Å²) in [5.41, 5.74) is 13.6. The van der Waals surface area contributed by atoms with Crippen molar-refractivity contribution < 1.29 is 14.6 Å². The molecule has 138 valence electrons. The van der Waals surface area contributed by atoms with E-state index in [2.05, 4.69) is 16.9 Å². The fraction of sp³-hybridized carbons (Fsp3) is 0.529. The summed E-state index contributed by atoms with van der Waals surface area (Å²) in [6, 6.07) is 0. The molecule has 8 heteroatoms. The maximum absolute atomic E-state index is 10.1. The average Bonchev–Trinajstić information content (AvgIpc) is 2.59. The number of nitrogens with two attached hydrogens (primary N) is 2. The zero-order chi connectivity index (χ0) is 18.4. The van der Waals surface area contributed by atoms with Gasteiger partial charge in [-0.05, 0) is 23.8 Å². The minimum absolute atomic E-state index is 0.173. The predicted octanol–water partition coefficient (Wildman–Crippen LogP) is 1.92. The van der Waals surface area contributed by atoms with Gasteiger partial charge in [0, 0.05) is 26.2 Å². The Morgan fingerprint density at radius 2 is 2.00 bits per heavy atom. The molecule has 0 aliphatic heterocycles. The largest absolute Gasteiger partial charge is 0.383 e. The van der Waals surface area contributed by atoms with E-state index in [4.69, 9.17) is 20.9 Å². The van der Waals surface area contributed by atoms with Crippen molar-refractivity contribution in [1.29, 1.82) is 0 Å². The molecule has 0 radical (unpaired) electrons. The molecule has 1 aliphatic rings. The Morgan fingerprint density at radius 3 is 2.64 bits per heavy atom. The van der Waals surface area contributed by atoms with E-state index >= 15 is 0 Å². The van der Waals surface area contributed by atoms with Crippen molar-refractivity contribution in [3.8, 4) is 0 Å². The van der Waals surface area contributed by atoms with Gasteiger partial charge in [-0.25, -0.2) is 4.98 Å². The van der Waals surface area contributed by atoms with E-state index in [0.29, 0.717) is 12.2 Å². The van der Waals surface area contributed by atoms with E-state index < -0.39 is 11.9 Å². The number of aliphatic hydroxyl groups is 1. The lowest BCUT2D eigenvalue weighted by atomic mass is 9.95. The molecular weight excluding hydrogens is 340 g/mol. The third-order valence-corrected chi connectivity index (χ3v) is 5.17. The monoisotopic (exact) mass is 366 g/mol. The van der Waals surface area contributed by atoms with Crippen LogP contribution < -0.4 is 11.5 Å². The van der Waals surface area contributed by atoms with Gasteiger partial charge in [-0.3, -0.25) is 0 Å². The van der Waals surface area contributed by atoms with E-state index in [9.17, 15) is 5.11 Å². The first-order valence-corrected chi connectivity index (χ1v) is 9.17. The van der Waals surface area contributed by atoms with Gasteiger partial charge in [0.25, 0.3) is 0 Å². The van der Waals surface area contributed by atoms with E-state index in [1.807, 2.05) is 6.08 Å². The zero-order valence-electron chi connectivity index (χ0n) is 14.9. The number of nitrogen functional groups attached to an aromatic ring is 2. The lowest BCUT2D eigenvalue weighted by Gasteiger charge is -2.34. The normalized spacial score (nSPS) is 19.0. The summed E-state index contributed by atoms with van der Waals surface area (Å²) in [6.45, 7) is 2.14. The second-order valence-corrected chi connectivity index (χ2v) is 6.87. The molecule has 5 N–H and O–H groups in total. The Morgan fingerprint density at radius 1 is 1.28 bits per heavy atom. The van der Waals surface area contributed by atoms with E-state index in [1.165, 1.54) is 14.2 Å². The smallest absolute Gasteiger partial charge is 0.223 e. The van der Waals surface area contributed by atoms with Crippen LogP contribution in [0.1, 0.15) is 25.3 Å². The Balaban J connectivity index is 2.31. The molecule has 25 heavy (non-hydrogen) atoms. The van der Waals surface area contributed by atoms with Crippen LogP contribution >= 0.6 is 11.8 Å². The first kappa shape index (κ1) is 19.7. The van der Waals surface area contributed by atoms with Crippen LogP contribution in [-0.2, 0) is 15.9 Å². The van der Waals surface area contributed by atoms with Crippen molar-refractivity contribution in [2.24, 2.45) is 0 Å². The number of aliphatic hydroxyl groups excluding tert-OH is 1. The molecule has 0 aromatic carbocycles. The lowest BCUT2D eigenvalue weighted by Crippen LogP contribution is -2.44. The predicted molar refractivity (Wildman–Crippen MR) is 100 cm³/mol. The molecule has 2 rings (SSSR count). The van der Waals surface area contributed by atoms with Crippen molar-refractivity contribution in [2.75, 3.05) is 31.4 Å². The third kappa shape index (κ3) is 4.52. The lowest BCUT2D eigenvalue weighted by molar-refractivity contribution is -0.214. The topological polar surface area (TPSA) is 117 Å². The summed E-state index contributed by atoms with van der Waals surface area (Å²) in [6.07, 6.45) is 7.03. The molecule has 0 fully saturated rings. The van der Waals surface area contributed by atoms with E-state index in [0.717, 1.165) is 34.8 Å². The Kier molecular flexibility index (Phi) is 6.83. The number of thioether (sulfide) groups is 1. The highest BCUT2D eigenvalue weighted by atomic mass is 32.2. The van der Waals surface area contributed by atoms with Crippen LogP contribution in [0.25, 0.3) is 0 Å². The summed E-state index contributed by atoms with van der Waals surface area (Å²) in [5.74, 6) is 0.273. The maximum Gasteiger partial charge on any atom is 0.223 e. The van der Waals surface area contributed by atoms with Crippen molar-refractivity contribution in [1.82, 2.24) is 9.97 Å². The third-order valence-electron chi connectivity index (χ3n) is 4.07. The molecule has 7 nitrogen and oxygen atoms in total. The van der Waals surface area contributed by atoms with Crippen molar-refractivity contribution in [2.45, 2.75) is 43.1 Å². The number of aromatic nitrogens is 2. The maximum atomic E-state index is 10.1. The quantitative estimate of drug-likeness (QED) is 0.276. The van der Waals surface area contributed by atoms with Gasteiger partial charge in [0.05, 0.1) is 0 Å². The Hall–Kier alpha value is -1.61. The molecule has 1 atom stereocenters. The molecule has 1 unspecified atom stereocenters. The van der Waals surface area contributed by atoms with Crippen LogP contribution in [0.5, 0.6) is 0 Å². The molecule has 0 saturated carbocycles. The highest BCUT2D eigenvalue weighted by molar-refractivity contribution is 7.99. The van der Waals surface area contributed by atoms with Crippen LogP contribution in [0, 0.1) is 0 Å². The number of unbranched alkanes of at least 4 members (excludes halogenated alkanes) is 1. The second-order valence-electron chi connectivity index (χ2n) is 5.78. The fourth-order valence-corrected chi connectivity index (χ4v) is 3.73. The summed E-state index contributed by atoms with van der Waals surface area (Å²) >= 11 is 1.63. The number of hydrogen-bond acceptors (Lipinski definition) is 8. The minimum Gasteiger partial charge on any atom is -0.383 e. The van der Waals surface area contributed by atoms with Gasteiger partial charge in [-0.2, -0.15) is 4.98 Å². The minimum atomic E-state index is -1.21. The summed E-state index contributed by atoms with van der Waals surface area (Å²) in [7, 11) is 2.99. The molecule has 0 spiro atoms. The fourth-order valence-electron chi connectivity index (χ4n) is 2.59. The number of allylic oxidation sites excluding steroid dienone is 2. The molecule has 0 saturated heterocycles. The molecular formula is C17H26N4O3S. The van der Waals surface area contributed by atoms with E-state index in [-0.39, 0.29) is 5.95 Å². The summed E-state index contributed by atoms with van der Waals surface area (Å²) < 4.78 is 10.8. The molecule has 0 amide bonds. The van der Waals surface area contributed by atoms with E-state index in [1.54, 1.807) is 23.9 Å². The molecule has 0 bridgehead atoms. The van der Waals surface area contributed by atoms with Crippen LogP contribution in [0.15, 0.2) is 28.8 Å². The van der Waals surface area contributed by atoms with Crippen LogP contribution in [0.3, 0.4) is 0 Å². The zero-order valence-corrected chi connectivity index (χ0v) is 15.7. The van der Waals surface area contributed by atoms with Gasteiger partial charge in [0.2, 0.25) is 11.7 Å². The van der Waals surface area contributed by atoms with Gasteiger partial charge in [0.15, 0.2) is 0 Å². The number of anilines is 2. The van der Waals surface area contributed by atoms with Crippen LogP contribution in [0.4, 0.5) is 11.8 Å². The Bertz CT molecular complexity index is 660. The molecule has 1 aromatic heterocycles. The summed E-state index contributed by atoms with van der Waals surface area (Å²) in [4.78, 5) is 8.44. The van der Waals surface area contributed by atoms with Gasteiger partial charge < -0.3 is 26.0 Å². The first-order chi connectivity index (χ1) is 12.0. The molecule has 1 heterocycles. The van der Waals surface area contributed by atoms with Crippen molar-refractivity contribution in [3.63, 3.8) is 0 Å². The number of methoxy groups -OCH3 is 2. The number of rotatable bonds is 8. The number of nitrogens with zero attached hydrogens (tertiary/aromatic N) is 2. The van der Waals surface area contributed by atoms with Gasteiger partial charge in [-0.1, -0.05) is 25.5 Å². The Labute approximate surface area is 152 Å². The highest BCUT2D eigenvalue weighted by Gasteiger charge is 2.37. The van der Waals surface area contributed by atoms with Gasteiger partial charge >= 0.3 is 0 Å². The molecule has 1 aliphatic carbocycles. The van der Waals surface area contributed by atoms with Crippen LogP contribution in [-0.4, -0.2) is 46.9 Å². The second kappa shape index (κ2) is 8.66. The number of ether oxygens (including phenoxy) is 2. The average molecular weight is 366 g/mol. The highest BCUT2D eigenvalue weighted by Crippen LogP contribution is 2.32. The van der Waals surface area contributed by atoms with Crippen LogP contribution in [0.2, 0.25) is 0 Å². The standard InChI is InChI=1S/C17H26N4O3S/c1-4-5-8-25-15-12(14(18)20-16(19)21-15)9-11-6-7-13(22)17(10-11,23-2)24-3/h6-7,10,13,22H,4-5,8-9H2,1-3H3,(H4,18,19,20,21). The van der Waals surface area contributed by atoms with Gasteiger partial charge in [0.1, 0.15) is 16.9 Å². The number of hydrogen-bond donors (Lipinski definition) is 3. The first-order valence-electron chi connectivity index (χ1n) is 8.18. The van der Waals surface area contributed by atoms with Crippen molar-refractivity contribution >= 4 is 23.5 Å². The molecule has 1 aromatic rings. The van der Waals surface area contributed by atoms with Gasteiger partial charge in [-0.15, -0.1) is 11.8 Å². The SMILES string of the molecule is CCCCSc1nc(N)nc(N)c1CC1=CC(OC)(OC)C(O)C=C1. The van der Waals surface area contributed by atoms with Crippen molar-refractivity contribution in [3.05, 3.63) is 29.4 Å². The summed E-state index contributed by atoms with van der Waals surface area (Å²) in [5, 5.41) is 10.9.